The molecule has 214 valence electrons. The van der Waals surface area contributed by atoms with Crippen molar-refractivity contribution in [1.82, 2.24) is 50.1 Å². The Morgan fingerprint density at radius 2 is 1.71 bits per heavy atom. The van der Waals surface area contributed by atoms with Crippen LogP contribution in [0.2, 0.25) is 5.15 Å². The lowest BCUT2D eigenvalue weighted by Crippen LogP contribution is -2.23. The first-order valence-corrected chi connectivity index (χ1v) is 13.1. The summed E-state index contributed by atoms with van der Waals surface area (Å²) in [5, 5.41) is 33.8. The molecule has 1 aliphatic rings. The number of nitrogens with one attached hydrogen (secondary N) is 5. The first-order chi connectivity index (χ1) is 20.3. The van der Waals surface area contributed by atoms with Crippen molar-refractivity contribution in [3.8, 4) is 28.2 Å². The van der Waals surface area contributed by atoms with Crippen molar-refractivity contribution in [2.75, 3.05) is 11.9 Å². The zero-order chi connectivity index (χ0) is 29.4. The van der Waals surface area contributed by atoms with Crippen molar-refractivity contribution >= 4 is 17.3 Å². The Kier molecular flexibility index (Phi) is 7.05. The standard InChI is InChI=1S/C25H22ClN11O5/c26-20-6-18(21(36-35-20)14-9-28-25(42)32-23(14)40)30-15-3-12(15)4-17-19(37-10-11(1-2-38)7-29-37)5-16(33-34-17)13-8-27-24(41)31-22(13)39/h5-10,12,15,38H,1-4H2,(H,30,35)(H2,27,31,39,41)(H2,28,32,40,42). The van der Waals surface area contributed by atoms with Gasteiger partial charge in [-0.3, -0.25) is 19.6 Å². The van der Waals surface area contributed by atoms with E-state index in [4.69, 9.17) is 11.6 Å². The van der Waals surface area contributed by atoms with Crippen molar-refractivity contribution in [3.63, 3.8) is 0 Å². The highest BCUT2D eigenvalue weighted by molar-refractivity contribution is 6.29. The molecular weight excluding hydrogens is 570 g/mol. The van der Waals surface area contributed by atoms with Gasteiger partial charge in [-0.2, -0.15) is 10.2 Å². The second-order valence-corrected chi connectivity index (χ2v) is 10.1. The summed E-state index contributed by atoms with van der Waals surface area (Å²) in [6, 6.07) is 3.18. The Bertz CT molecular complexity index is 2030. The predicted octanol–water partition coefficient (Wildman–Crippen LogP) is -0.229. The SMILES string of the molecule is O=c1[nH]cc(-c2cc(-n3cc(CCO)cn3)c(CC3CC3Nc3cc(Cl)nnc3-c3c[nH]c(=O)[nH]c3=O)nn2)c(=O)[nH]1. The molecule has 0 aromatic carbocycles. The number of hydrogen-bond donors (Lipinski definition) is 6. The molecule has 6 rings (SSSR count). The molecule has 1 saturated carbocycles. The lowest BCUT2D eigenvalue weighted by atomic mass is 10.1. The fraction of sp³-hybridized carbons (Fsp3) is 0.240. The van der Waals surface area contributed by atoms with Crippen molar-refractivity contribution in [2.45, 2.75) is 25.3 Å². The van der Waals surface area contributed by atoms with Gasteiger partial charge in [-0.05, 0) is 36.8 Å². The van der Waals surface area contributed by atoms with Gasteiger partial charge in [0.05, 0.1) is 34.4 Å². The quantitative estimate of drug-likeness (QED) is 0.131. The molecule has 16 nitrogen and oxygen atoms in total. The fourth-order valence-electron chi connectivity index (χ4n) is 4.59. The molecule has 0 saturated heterocycles. The molecule has 6 N–H and O–H groups in total. The average molecular weight is 592 g/mol. The van der Waals surface area contributed by atoms with Gasteiger partial charge in [0.1, 0.15) is 11.4 Å². The van der Waals surface area contributed by atoms with E-state index in [0.717, 1.165) is 12.0 Å². The minimum Gasteiger partial charge on any atom is -0.396 e. The molecule has 1 aliphatic carbocycles. The molecule has 0 aliphatic heterocycles. The molecule has 2 atom stereocenters. The molecule has 5 aromatic rings. The largest absolute Gasteiger partial charge is 0.396 e. The summed E-state index contributed by atoms with van der Waals surface area (Å²) in [5.74, 6) is 0.0986. The molecule has 5 heterocycles. The van der Waals surface area contributed by atoms with Gasteiger partial charge in [0.2, 0.25) is 0 Å². The summed E-state index contributed by atoms with van der Waals surface area (Å²) < 4.78 is 1.61. The van der Waals surface area contributed by atoms with E-state index in [2.05, 4.69) is 50.7 Å². The average Bonchev–Trinajstić information content (AvgIpc) is 3.49. The highest BCUT2D eigenvalue weighted by atomic mass is 35.5. The second-order valence-electron chi connectivity index (χ2n) is 9.68. The number of nitrogens with zero attached hydrogens (tertiary/aromatic N) is 6. The van der Waals surface area contributed by atoms with E-state index in [0.29, 0.717) is 29.9 Å². The minimum atomic E-state index is -0.642. The molecule has 42 heavy (non-hydrogen) atoms. The molecule has 0 bridgehead atoms. The molecule has 0 radical (unpaired) electrons. The van der Waals surface area contributed by atoms with Gasteiger partial charge in [0.25, 0.3) is 11.1 Å². The van der Waals surface area contributed by atoms with Crippen LogP contribution in [0, 0.1) is 5.92 Å². The topological polar surface area (TPSA) is 233 Å². The van der Waals surface area contributed by atoms with Crippen LogP contribution in [0.25, 0.3) is 28.2 Å². The number of aromatic nitrogens is 10. The fourth-order valence-corrected chi connectivity index (χ4v) is 4.74. The van der Waals surface area contributed by atoms with Crippen LogP contribution in [-0.4, -0.2) is 67.9 Å². The first-order valence-electron chi connectivity index (χ1n) is 12.7. The molecule has 2 unspecified atom stereocenters. The smallest absolute Gasteiger partial charge is 0.325 e. The number of hydrogen-bond acceptors (Lipinski definition) is 11. The van der Waals surface area contributed by atoms with E-state index in [-0.39, 0.29) is 46.2 Å². The van der Waals surface area contributed by atoms with E-state index in [1.807, 2.05) is 0 Å². The zero-order valence-electron chi connectivity index (χ0n) is 21.6. The first kappa shape index (κ1) is 27.0. The van der Waals surface area contributed by atoms with Gasteiger partial charge in [-0.25, -0.2) is 14.3 Å². The maximum Gasteiger partial charge on any atom is 0.325 e. The van der Waals surface area contributed by atoms with Crippen molar-refractivity contribution in [3.05, 3.63) is 95.0 Å². The number of aliphatic hydroxyl groups is 1. The molecule has 17 heteroatoms. The van der Waals surface area contributed by atoms with Gasteiger partial charge >= 0.3 is 11.4 Å². The normalized spacial score (nSPS) is 16.0. The number of halogens is 1. The van der Waals surface area contributed by atoms with E-state index in [1.165, 1.54) is 12.4 Å². The number of rotatable bonds is 9. The van der Waals surface area contributed by atoms with E-state index < -0.39 is 22.5 Å². The van der Waals surface area contributed by atoms with Crippen LogP contribution in [0.4, 0.5) is 5.69 Å². The van der Waals surface area contributed by atoms with Gasteiger partial charge in [0, 0.05) is 37.3 Å². The highest BCUT2D eigenvalue weighted by Crippen LogP contribution is 2.39. The number of aliphatic hydroxyl groups excluding tert-OH is 1. The van der Waals surface area contributed by atoms with Crippen LogP contribution >= 0.6 is 11.6 Å². The summed E-state index contributed by atoms with van der Waals surface area (Å²) >= 11 is 6.09. The van der Waals surface area contributed by atoms with Crippen molar-refractivity contribution in [1.29, 1.82) is 0 Å². The van der Waals surface area contributed by atoms with Crippen LogP contribution in [0.5, 0.6) is 0 Å². The Balaban J connectivity index is 1.29. The highest BCUT2D eigenvalue weighted by Gasteiger charge is 2.39. The van der Waals surface area contributed by atoms with Gasteiger partial charge in [-0.15, -0.1) is 15.3 Å². The monoisotopic (exact) mass is 591 g/mol. The molecule has 0 amide bonds. The third-order valence-electron chi connectivity index (χ3n) is 6.78. The lowest BCUT2D eigenvalue weighted by molar-refractivity contribution is 0.299. The van der Waals surface area contributed by atoms with Crippen LogP contribution < -0.4 is 27.8 Å². The van der Waals surface area contributed by atoms with E-state index in [9.17, 15) is 24.3 Å². The maximum atomic E-state index is 12.4. The van der Waals surface area contributed by atoms with Crippen molar-refractivity contribution in [2.24, 2.45) is 5.92 Å². The van der Waals surface area contributed by atoms with Crippen LogP contribution in [0.3, 0.4) is 0 Å². The Labute approximate surface area is 238 Å². The van der Waals surface area contributed by atoms with Crippen LogP contribution in [0.15, 0.2) is 56.1 Å². The van der Waals surface area contributed by atoms with Crippen LogP contribution in [0.1, 0.15) is 17.7 Å². The number of anilines is 1. The lowest BCUT2D eigenvalue weighted by Gasteiger charge is -2.12. The molecule has 0 spiro atoms. The minimum absolute atomic E-state index is 0.0372. The molecule has 5 aromatic heterocycles. The Hall–Kier alpha value is -5.22. The maximum absolute atomic E-state index is 12.4. The third-order valence-corrected chi connectivity index (χ3v) is 6.97. The summed E-state index contributed by atoms with van der Waals surface area (Å²) in [6.45, 7) is -0.0403. The number of aromatic amines is 4. The Morgan fingerprint density at radius 3 is 2.43 bits per heavy atom. The van der Waals surface area contributed by atoms with Crippen molar-refractivity contribution < 1.29 is 5.11 Å². The Morgan fingerprint density at radius 1 is 0.976 bits per heavy atom. The van der Waals surface area contributed by atoms with Gasteiger partial charge < -0.3 is 20.4 Å². The van der Waals surface area contributed by atoms with Crippen LogP contribution in [-0.2, 0) is 12.8 Å². The number of H-pyrrole nitrogens is 4. The summed E-state index contributed by atoms with van der Waals surface area (Å²) in [6.07, 6.45) is 7.58. The molecular formula is C25H22ClN11O5. The second kappa shape index (κ2) is 11.0. The van der Waals surface area contributed by atoms with E-state index in [1.54, 1.807) is 29.2 Å². The molecule has 1 fully saturated rings. The summed E-state index contributed by atoms with van der Waals surface area (Å²) in [7, 11) is 0. The predicted molar refractivity (Wildman–Crippen MR) is 150 cm³/mol. The zero-order valence-corrected chi connectivity index (χ0v) is 22.3. The van der Waals surface area contributed by atoms with E-state index >= 15 is 0 Å². The van der Waals surface area contributed by atoms with Gasteiger partial charge in [0.15, 0.2) is 5.15 Å². The summed E-state index contributed by atoms with van der Waals surface area (Å²) in [5.41, 5.74) is 0.680. The van der Waals surface area contributed by atoms with Gasteiger partial charge in [-0.1, -0.05) is 11.6 Å². The third kappa shape index (κ3) is 5.52. The summed E-state index contributed by atoms with van der Waals surface area (Å²) in [4.78, 5) is 57.0.